The molecule has 0 fully saturated rings. The van der Waals surface area contributed by atoms with Gasteiger partial charge in [0.1, 0.15) is 5.75 Å². The summed E-state index contributed by atoms with van der Waals surface area (Å²) in [5.41, 5.74) is 4.30. The fraction of sp³-hybridized carbons (Fsp3) is 0.176. The molecule has 4 nitrogen and oxygen atoms in total. The number of benzene rings is 2. The molecular formula is C17H16BrClN2O2S. The zero-order chi connectivity index (χ0) is 17.4. The summed E-state index contributed by atoms with van der Waals surface area (Å²) in [4.78, 5) is 11.8. The summed E-state index contributed by atoms with van der Waals surface area (Å²) < 4.78 is 6.15. The van der Waals surface area contributed by atoms with Crippen molar-refractivity contribution in [3.63, 3.8) is 0 Å². The molecule has 0 saturated heterocycles. The van der Waals surface area contributed by atoms with Crippen LogP contribution in [0.5, 0.6) is 5.75 Å². The van der Waals surface area contributed by atoms with Crippen LogP contribution in [0.15, 0.2) is 52.0 Å². The van der Waals surface area contributed by atoms with E-state index in [2.05, 4.69) is 26.5 Å². The lowest BCUT2D eigenvalue weighted by atomic mass is 10.2. The number of ether oxygens (including phenoxy) is 1. The van der Waals surface area contributed by atoms with Gasteiger partial charge in [0.05, 0.1) is 19.1 Å². The summed E-state index contributed by atoms with van der Waals surface area (Å²) in [5, 5.41) is 4.68. The van der Waals surface area contributed by atoms with Gasteiger partial charge in [-0.15, -0.1) is 11.8 Å². The van der Waals surface area contributed by atoms with Gasteiger partial charge in [-0.25, -0.2) is 5.43 Å². The summed E-state index contributed by atoms with van der Waals surface area (Å²) in [5.74, 6) is 1.50. The zero-order valence-electron chi connectivity index (χ0n) is 13.0. The Hall–Kier alpha value is -1.50. The van der Waals surface area contributed by atoms with Crippen LogP contribution >= 0.6 is 39.3 Å². The van der Waals surface area contributed by atoms with E-state index in [0.29, 0.717) is 22.3 Å². The van der Waals surface area contributed by atoms with Gasteiger partial charge in [-0.2, -0.15) is 5.10 Å². The van der Waals surface area contributed by atoms with Crippen LogP contribution in [0.1, 0.15) is 11.1 Å². The molecular weight excluding hydrogens is 412 g/mol. The molecule has 0 aliphatic carbocycles. The highest BCUT2D eigenvalue weighted by Crippen LogP contribution is 2.21. The van der Waals surface area contributed by atoms with Crippen LogP contribution in [-0.4, -0.2) is 25.0 Å². The highest BCUT2D eigenvalue weighted by atomic mass is 79.9. The lowest BCUT2D eigenvalue weighted by Crippen LogP contribution is -2.19. The monoisotopic (exact) mass is 426 g/mol. The topological polar surface area (TPSA) is 50.7 Å². The van der Waals surface area contributed by atoms with E-state index < -0.39 is 0 Å². The molecule has 0 heterocycles. The smallest absolute Gasteiger partial charge is 0.250 e. The van der Waals surface area contributed by atoms with Gasteiger partial charge in [-0.3, -0.25) is 4.79 Å². The van der Waals surface area contributed by atoms with E-state index >= 15 is 0 Å². The first-order chi connectivity index (χ1) is 11.6. The largest absolute Gasteiger partial charge is 0.496 e. The summed E-state index contributed by atoms with van der Waals surface area (Å²) in [6, 6.07) is 13.2. The van der Waals surface area contributed by atoms with Crippen LogP contribution in [0.25, 0.3) is 0 Å². The van der Waals surface area contributed by atoms with Crippen molar-refractivity contribution in [2.24, 2.45) is 5.10 Å². The summed E-state index contributed by atoms with van der Waals surface area (Å²) in [6.45, 7) is 0. The summed E-state index contributed by atoms with van der Waals surface area (Å²) in [6.07, 6.45) is 1.56. The number of amides is 1. The van der Waals surface area contributed by atoms with E-state index in [9.17, 15) is 4.79 Å². The van der Waals surface area contributed by atoms with Crippen LogP contribution in [0, 0.1) is 0 Å². The van der Waals surface area contributed by atoms with Crippen molar-refractivity contribution < 1.29 is 9.53 Å². The molecule has 0 saturated carbocycles. The maximum absolute atomic E-state index is 11.8. The third kappa shape index (κ3) is 5.85. The Morgan fingerprint density at radius 3 is 2.92 bits per heavy atom. The first kappa shape index (κ1) is 18.8. The zero-order valence-corrected chi connectivity index (χ0v) is 16.1. The number of thioether (sulfide) groups is 1. The molecule has 0 aliphatic heterocycles. The third-order valence-electron chi connectivity index (χ3n) is 3.03. The first-order valence-electron chi connectivity index (χ1n) is 7.06. The minimum Gasteiger partial charge on any atom is -0.496 e. The molecule has 126 valence electrons. The molecule has 7 heteroatoms. The molecule has 0 radical (unpaired) electrons. The van der Waals surface area contributed by atoms with E-state index in [-0.39, 0.29) is 5.91 Å². The number of rotatable bonds is 7. The van der Waals surface area contributed by atoms with Crippen LogP contribution in [0.3, 0.4) is 0 Å². The van der Waals surface area contributed by atoms with Crippen LogP contribution in [-0.2, 0) is 10.5 Å². The second kappa shape index (κ2) is 9.71. The highest BCUT2D eigenvalue weighted by molar-refractivity contribution is 9.10. The molecule has 0 spiro atoms. The van der Waals surface area contributed by atoms with Crippen molar-refractivity contribution in [3.05, 3.63) is 63.1 Å². The highest BCUT2D eigenvalue weighted by Gasteiger charge is 2.04. The number of hydrogen-bond acceptors (Lipinski definition) is 4. The van der Waals surface area contributed by atoms with Crippen molar-refractivity contribution in [2.45, 2.75) is 5.75 Å². The molecule has 24 heavy (non-hydrogen) atoms. The Kier molecular flexibility index (Phi) is 7.62. The molecule has 0 bridgehead atoms. The van der Waals surface area contributed by atoms with Gasteiger partial charge in [-0.05, 0) is 29.8 Å². The molecule has 0 atom stereocenters. The molecule has 2 aromatic carbocycles. The Morgan fingerprint density at radius 1 is 1.38 bits per heavy atom. The SMILES string of the molecule is COc1ccc(Br)cc1/C=N\NC(=O)CSCc1ccccc1Cl. The average molecular weight is 428 g/mol. The van der Waals surface area contributed by atoms with Crippen molar-refractivity contribution in [2.75, 3.05) is 12.9 Å². The van der Waals surface area contributed by atoms with Gasteiger partial charge in [0.2, 0.25) is 5.91 Å². The molecule has 0 unspecified atom stereocenters. The fourth-order valence-corrected chi connectivity index (χ4v) is 3.37. The van der Waals surface area contributed by atoms with E-state index in [1.807, 2.05) is 42.5 Å². The van der Waals surface area contributed by atoms with Crippen LogP contribution < -0.4 is 10.2 Å². The lowest BCUT2D eigenvalue weighted by Gasteiger charge is -2.05. The first-order valence-corrected chi connectivity index (χ1v) is 9.39. The average Bonchev–Trinajstić information content (AvgIpc) is 2.57. The molecule has 0 aliphatic rings. The van der Waals surface area contributed by atoms with Crippen molar-refractivity contribution in [3.8, 4) is 5.75 Å². The van der Waals surface area contributed by atoms with Crippen LogP contribution in [0.2, 0.25) is 5.02 Å². The summed E-state index contributed by atoms with van der Waals surface area (Å²) in [7, 11) is 1.59. The van der Waals surface area contributed by atoms with Gasteiger partial charge in [-0.1, -0.05) is 45.7 Å². The molecule has 1 amide bonds. The Morgan fingerprint density at radius 2 is 2.17 bits per heavy atom. The predicted octanol–water partition coefficient (Wildman–Crippen LogP) is 4.49. The maximum Gasteiger partial charge on any atom is 0.250 e. The predicted molar refractivity (Wildman–Crippen MR) is 104 cm³/mol. The number of nitrogens with one attached hydrogen (secondary N) is 1. The van der Waals surface area contributed by atoms with E-state index in [1.54, 1.807) is 13.3 Å². The number of hydrazone groups is 1. The Balaban J connectivity index is 1.81. The normalized spacial score (nSPS) is 10.8. The second-order valence-corrected chi connectivity index (χ2v) is 7.07. The van der Waals surface area contributed by atoms with Gasteiger partial charge >= 0.3 is 0 Å². The van der Waals surface area contributed by atoms with Gasteiger partial charge in [0.15, 0.2) is 0 Å². The molecule has 0 aromatic heterocycles. The van der Waals surface area contributed by atoms with Crippen molar-refractivity contribution in [1.29, 1.82) is 0 Å². The van der Waals surface area contributed by atoms with E-state index in [1.165, 1.54) is 11.8 Å². The van der Waals surface area contributed by atoms with Gasteiger partial charge in [0.25, 0.3) is 0 Å². The Bertz CT molecular complexity index is 740. The van der Waals surface area contributed by atoms with Gasteiger partial charge in [0, 0.05) is 20.8 Å². The molecule has 2 aromatic rings. The van der Waals surface area contributed by atoms with E-state index in [4.69, 9.17) is 16.3 Å². The summed E-state index contributed by atoms with van der Waals surface area (Å²) >= 11 is 11.0. The maximum atomic E-state index is 11.8. The fourth-order valence-electron chi connectivity index (χ4n) is 1.88. The standard InChI is InChI=1S/C17H16BrClN2O2S/c1-23-16-7-6-14(18)8-13(16)9-20-21-17(22)11-24-10-12-4-2-3-5-15(12)19/h2-9H,10-11H2,1H3,(H,21,22)/b20-9-. The number of halogens is 2. The van der Waals surface area contributed by atoms with E-state index in [0.717, 1.165) is 15.6 Å². The lowest BCUT2D eigenvalue weighted by molar-refractivity contribution is -0.118. The third-order valence-corrected chi connectivity index (χ3v) is 4.88. The number of carbonyl (C=O) groups excluding carboxylic acids is 1. The van der Waals surface area contributed by atoms with Gasteiger partial charge < -0.3 is 4.74 Å². The minimum atomic E-state index is -0.169. The molecule has 1 N–H and O–H groups in total. The number of methoxy groups -OCH3 is 1. The number of hydrogen-bond donors (Lipinski definition) is 1. The quantitative estimate of drug-likeness (QED) is 0.523. The number of carbonyl (C=O) groups is 1. The van der Waals surface area contributed by atoms with Crippen LogP contribution in [0.4, 0.5) is 0 Å². The number of nitrogens with zero attached hydrogens (tertiary/aromatic N) is 1. The Labute approximate surface area is 158 Å². The molecule has 2 rings (SSSR count). The van der Waals surface area contributed by atoms with Crippen molar-refractivity contribution in [1.82, 2.24) is 5.43 Å². The minimum absolute atomic E-state index is 0.169. The second-order valence-electron chi connectivity index (χ2n) is 4.76. The van der Waals surface area contributed by atoms with Crippen molar-refractivity contribution >= 4 is 51.4 Å².